The third-order valence-electron chi connectivity index (χ3n) is 2.51. The van der Waals surface area contributed by atoms with E-state index in [1.165, 1.54) is 6.07 Å². The van der Waals surface area contributed by atoms with E-state index in [-0.39, 0.29) is 0 Å². The number of nitrogens with zero attached hydrogens (tertiary/aromatic N) is 1. The predicted molar refractivity (Wildman–Crippen MR) is 67.5 cm³/mol. The van der Waals surface area contributed by atoms with Crippen molar-refractivity contribution in [2.75, 3.05) is 17.7 Å². The van der Waals surface area contributed by atoms with Crippen molar-refractivity contribution in [1.29, 1.82) is 0 Å². The fraction of sp³-hybridized carbons (Fsp3) is 0.154. The quantitative estimate of drug-likeness (QED) is 0.874. The molecule has 0 saturated heterocycles. The fourth-order valence-electron chi connectivity index (χ4n) is 1.53. The van der Waals surface area contributed by atoms with E-state index in [0.29, 0.717) is 12.1 Å². The van der Waals surface area contributed by atoms with Gasteiger partial charge in [-0.2, -0.15) is 0 Å². The van der Waals surface area contributed by atoms with Crippen LogP contribution in [0.3, 0.4) is 0 Å². The molecule has 3 nitrogen and oxygen atoms in total. The molecule has 2 aromatic rings. The van der Waals surface area contributed by atoms with E-state index in [0.717, 1.165) is 17.4 Å². The van der Waals surface area contributed by atoms with E-state index in [9.17, 15) is 8.78 Å². The molecule has 0 unspecified atom stereocenters. The Morgan fingerprint density at radius 3 is 2.56 bits per heavy atom. The van der Waals surface area contributed by atoms with Crippen LogP contribution >= 0.6 is 0 Å². The zero-order valence-electron chi connectivity index (χ0n) is 9.87. The molecule has 0 bridgehead atoms. The van der Waals surface area contributed by atoms with Gasteiger partial charge >= 0.3 is 0 Å². The molecule has 94 valence electrons. The van der Waals surface area contributed by atoms with Crippen molar-refractivity contribution in [2.24, 2.45) is 0 Å². The number of hydrogen-bond donors (Lipinski definition) is 2. The second kappa shape index (κ2) is 5.44. The van der Waals surface area contributed by atoms with Crippen molar-refractivity contribution in [3.8, 4) is 0 Å². The Bertz CT molecular complexity index is 544. The van der Waals surface area contributed by atoms with E-state index < -0.39 is 11.6 Å². The maximum absolute atomic E-state index is 13.0. The number of anilines is 2. The number of hydrogen-bond acceptors (Lipinski definition) is 3. The van der Waals surface area contributed by atoms with Crippen LogP contribution < -0.4 is 10.6 Å². The molecule has 0 aliphatic carbocycles. The summed E-state index contributed by atoms with van der Waals surface area (Å²) in [5, 5.41) is 6.06. The SMILES string of the molecule is CNc1cncc(NCc2ccc(F)c(F)c2)c1. The van der Waals surface area contributed by atoms with Crippen molar-refractivity contribution in [3.05, 3.63) is 53.9 Å². The lowest BCUT2D eigenvalue weighted by Gasteiger charge is -2.08. The van der Waals surface area contributed by atoms with Crippen LogP contribution in [0.4, 0.5) is 20.2 Å². The first-order valence-electron chi connectivity index (χ1n) is 5.49. The van der Waals surface area contributed by atoms with Crippen LogP contribution in [0.5, 0.6) is 0 Å². The highest BCUT2D eigenvalue weighted by atomic mass is 19.2. The van der Waals surface area contributed by atoms with Gasteiger partial charge in [0.25, 0.3) is 0 Å². The molecule has 0 fully saturated rings. The van der Waals surface area contributed by atoms with Gasteiger partial charge in [0.2, 0.25) is 0 Å². The predicted octanol–water partition coefficient (Wildman–Crippen LogP) is 3.01. The third-order valence-corrected chi connectivity index (χ3v) is 2.51. The largest absolute Gasteiger partial charge is 0.387 e. The van der Waals surface area contributed by atoms with Gasteiger partial charge in [0.05, 0.1) is 23.8 Å². The van der Waals surface area contributed by atoms with Crippen molar-refractivity contribution < 1.29 is 8.78 Å². The lowest BCUT2D eigenvalue weighted by Crippen LogP contribution is -2.01. The molecule has 0 aliphatic heterocycles. The van der Waals surface area contributed by atoms with Gasteiger partial charge in [-0.1, -0.05) is 6.07 Å². The molecule has 18 heavy (non-hydrogen) atoms. The van der Waals surface area contributed by atoms with E-state index in [4.69, 9.17) is 0 Å². The first-order valence-corrected chi connectivity index (χ1v) is 5.49. The van der Waals surface area contributed by atoms with Crippen molar-refractivity contribution in [3.63, 3.8) is 0 Å². The number of rotatable bonds is 4. The van der Waals surface area contributed by atoms with Crippen molar-refractivity contribution in [2.45, 2.75) is 6.54 Å². The molecule has 0 atom stereocenters. The summed E-state index contributed by atoms with van der Waals surface area (Å²) in [4.78, 5) is 4.04. The topological polar surface area (TPSA) is 37.0 Å². The zero-order chi connectivity index (χ0) is 13.0. The number of aromatic nitrogens is 1. The fourth-order valence-corrected chi connectivity index (χ4v) is 1.53. The molecule has 0 amide bonds. The molecule has 0 spiro atoms. The Balaban J connectivity index is 2.04. The summed E-state index contributed by atoms with van der Waals surface area (Å²) in [5.41, 5.74) is 2.36. The summed E-state index contributed by atoms with van der Waals surface area (Å²) in [6.45, 7) is 0.409. The van der Waals surface area contributed by atoms with E-state index in [2.05, 4.69) is 15.6 Å². The Morgan fingerprint density at radius 2 is 1.83 bits per heavy atom. The summed E-state index contributed by atoms with van der Waals surface area (Å²) in [6.07, 6.45) is 3.36. The summed E-state index contributed by atoms with van der Waals surface area (Å²) < 4.78 is 25.7. The summed E-state index contributed by atoms with van der Waals surface area (Å²) in [5.74, 6) is -1.67. The maximum Gasteiger partial charge on any atom is 0.159 e. The smallest absolute Gasteiger partial charge is 0.159 e. The summed E-state index contributed by atoms with van der Waals surface area (Å²) in [7, 11) is 1.80. The molecule has 2 rings (SSSR count). The van der Waals surface area contributed by atoms with Gasteiger partial charge in [0.1, 0.15) is 0 Å². The summed E-state index contributed by atoms with van der Waals surface area (Å²) >= 11 is 0. The minimum absolute atomic E-state index is 0.409. The van der Waals surface area contributed by atoms with Crippen molar-refractivity contribution in [1.82, 2.24) is 4.98 Å². The molecule has 5 heteroatoms. The number of benzene rings is 1. The van der Waals surface area contributed by atoms with Gasteiger partial charge < -0.3 is 10.6 Å². The molecule has 1 aromatic carbocycles. The summed E-state index contributed by atoms with van der Waals surface area (Å²) in [6, 6.07) is 5.72. The molecule has 0 radical (unpaired) electrons. The van der Waals surface area contributed by atoms with E-state index >= 15 is 0 Å². The van der Waals surface area contributed by atoms with Crippen LogP contribution in [0.2, 0.25) is 0 Å². The van der Waals surface area contributed by atoms with Gasteiger partial charge in [-0.15, -0.1) is 0 Å². The van der Waals surface area contributed by atoms with E-state index in [1.807, 2.05) is 6.07 Å². The highest BCUT2D eigenvalue weighted by Crippen LogP contribution is 2.14. The number of nitrogens with one attached hydrogen (secondary N) is 2. The number of halogens is 2. The molecule has 2 N–H and O–H groups in total. The van der Waals surface area contributed by atoms with E-state index in [1.54, 1.807) is 25.5 Å². The first-order chi connectivity index (χ1) is 8.69. The number of pyridine rings is 1. The minimum atomic E-state index is -0.837. The highest BCUT2D eigenvalue weighted by Gasteiger charge is 2.02. The molecular formula is C13H13F2N3. The molecule has 0 saturated carbocycles. The Hall–Kier alpha value is -2.17. The van der Waals surface area contributed by atoms with Crippen LogP contribution in [0.25, 0.3) is 0 Å². The Labute approximate surface area is 104 Å². The normalized spacial score (nSPS) is 10.2. The molecule has 1 aromatic heterocycles. The Kier molecular flexibility index (Phi) is 3.72. The van der Waals surface area contributed by atoms with Crippen LogP contribution in [-0.4, -0.2) is 12.0 Å². The second-order valence-corrected chi connectivity index (χ2v) is 3.81. The monoisotopic (exact) mass is 249 g/mol. The first kappa shape index (κ1) is 12.3. The highest BCUT2D eigenvalue weighted by molar-refractivity contribution is 5.53. The average Bonchev–Trinajstić information content (AvgIpc) is 2.40. The lowest BCUT2D eigenvalue weighted by atomic mass is 10.2. The average molecular weight is 249 g/mol. The maximum atomic E-state index is 13.0. The van der Waals surface area contributed by atoms with Crippen LogP contribution in [0.15, 0.2) is 36.7 Å². The zero-order valence-corrected chi connectivity index (χ0v) is 9.87. The van der Waals surface area contributed by atoms with Crippen LogP contribution in [0.1, 0.15) is 5.56 Å². The van der Waals surface area contributed by atoms with Crippen molar-refractivity contribution >= 4 is 11.4 Å². The Morgan fingerprint density at radius 1 is 1.06 bits per heavy atom. The van der Waals surface area contributed by atoms with Crippen LogP contribution in [0, 0.1) is 11.6 Å². The minimum Gasteiger partial charge on any atom is -0.387 e. The molecular weight excluding hydrogens is 236 g/mol. The van der Waals surface area contributed by atoms with Gasteiger partial charge in [-0.3, -0.25) is 4.98 Å². The lowest BCUT2D eigenvalue weighted by molar-refractivity contribution is 0.507. The van der Waals surface area contributed by atoms with Crippen LogP contribution in [-0.2, 0) is 6.54 Å². The standard InChI is InChI=1S/C13H13F2N3/c1-16-10-5-11(8-17-7-10)18-6-9-2-3-12(14)13(15)4-9/h2-5,7-8,16,18H,6H2,1H3. The van der Waals surface area contributed by atoms with Gasteiger partial charge in [0, 0.05) is 13.6 Å². The third kappa shape index (κ3) is 2.94. The molecule has 0 aliphatic rings. The second-order valence-electron chi connectivity index (χ2n) is 3.81. The molecule has 1 heterocycles. The van der Waals surface area contributed by atoms with Gasteiger partial charge in [0.15, 0.2) is 11.6 Å². The van der Waals surface area contributed by atoms with Gasteiger partial charge in [-0.05, 0) is 23.8 Å². The van der Waals surface area contributed by atoms with Gasteiger partial charge in [-0.25, -0.2) is 8.78 Å².